The molecule has 1 aromatic heterocycles. The average Bonchev–Trinajstić information content (AvgIpc) is 3.16. The number of nitrogens with one attached hydrogen (secondary N) is 1. The molecular formula is C13H22N4S. The van der Waals surface area contributed by atoms with Crippen LogP contribution in [0.4, 0.5) is 5.13 Å². The Morgan fingerprint density at radius 2 is 2.11 bits per heavy atom. The Bertz CT molecular complexity index is 382. The molecule has 100 valence electrons. The highest BCUT2D eigenvalue weighted by Crippen LogP contribution is 2.39. The molecule has 1 saturated heterocycles. The second kappa shape index (κ2) is 5.53. The van der Waals surface area contributed by atoms with E-state index in [1.165, 1.54) is 56.7 Å². The quantitative estimate of drug-likeness (QED) is 0.889. The number of likely N-dealkylation sites (tertiary alicyclic amines) is 1. The Morgan fingerprint density at radius 3 is 2.83 bits per heavy atom. The highest BCUT2D eigenvalue weighted by Gasteiger charge is 2.27. The predicted molar refractivity (Wildman–Crippen MR) is 75.3 cm³/mol. The zero-order valence-corrected chi connectivity index (χ0v) is 11.9. The van der Waals surface area contributed by atoms with E-state index in [-0.39, 0.29) is 0 Å². The summed E-state index contributed by atoms with van der Waals surface area (Å²) in [6.45, 7) is 5.80. The molecular weight excluding hydrogens is 244 g/mol. The van der Waals surface area contributed by atoms with Crippen LogP contribution in [0.2, 0.25) is 0 Å². The minimum atomic E-state index is 0.596. The molecule has 1 saturated carbocycles. The third kappa shape index (κ3) is 3.01. The molecule has 0 radical (unpaired) electrons. The van der Waals surface area contributed by atoms with Crippen molar-refractivity contribution in [2.75, 3.05) is 25.0 Å². The number of piperidine rings is 1. The molecule has 1 aromatic rings. The average molecular weight is 266 g/mol. The summed E-state index contributed by atoms with van der Waals surface area (Å²) in [5, 5.41) is 4.45. The van der Waals surface area contributed by atoms with Crippen molar-refractivity contribution in [3.8, 4) is 0 Å². The first-order valence-electron chi connectivity index (χ1n) is 7.14. The molecule has 1 unspecified atom stereocenters. The normalized spacial score (nSPS) is 22.9. The van der Waals surface area contributed by atoms with Gasteiger partial charge in [-0.15, -0.1) is 0 Å². The molecule has 2 aliphatic rings. The van der Waals surface area contributed by atoms with E-state index in [9.17, 15) is 0 Å². The SMILES string of the molecule is CC(CNc1nc(C2CC2)ns1)N1CCCCC1. The molecule has 0 amide bonds. The van der Waals surface area contributed by atoms with Gasteiger partial charge >= 0.3 is 0 Å². The Kier molecular flexibility index (Phi) is 3.80. The van der Waals surface area contributed by atoms with Crippen LogP contribution < -0.4 is 5.32 Å². The van der Waals surface area contributed by atoms with E-state index in [0.29, 0.717) is 12.0 Å². The van der Waals surface area contributed by atoms with Gasteiger partial charge in [-0.3, -0.25) is 4.90 Å². The molecule has 2 heterocycles. The molecule has 4 nitrogen and oxygen atoms in total. The summed E-state index contributed by atoms with van der Waals surface area (Å²) in [4.78, 5) is 7.15. The fourth-order valence-corrected chi connectivity index (χ4v) is 3.19. The van der Waals surface area contributed by atoms with Gasteiger partial charge in [-0.1, -0.05) is 6.42 Å². The second-order valence-corrected chi connectivity index (χ2v) is 6.31. The van der Waals surface area contributed by atoms with Crippen molar-refractivity contribution in [1.29, 1.82) is 0 Å². The van der Waals surface area contributed by atoms with Crippen molar-refractivity contribution in [3.63, 3.8) is 0 Å². The highest BCUT2D eigenvalue weighted by molar-refractivity contribution is 7.09. The lowest BCUT2D eigenvalue weighted by Crippen LogP contribution is -2.41. The van der Waals surface area contributed by atoms with Crippen molar-refractivity contribution >= 4 is 16.7 Å². The van der Waals surface area contributed by atoms with Crippen molar-refractivity contribution < 1.29 is 0 Å². The van der Waals surface area contributed by atoms with Gasteiger partial charge in [-0.05, 0) is 45.7 Å². The van der Waals surface area contributed by atoms with Crippen LogP contribution >= 0.6 is 11.5 Å². The first kappa shape index (κ1) is 12.4. The minimum absolute atomic E-state index is 0.596. The predicted octanol–water partition coefficient (Wildman–Crippen LogP) is 2.70. The van der Waals surface area contributed by atoms with Crippen molar-refractivity contribution in [3.05, 3.63) is 5.82 Å². The Morgan fingerprint density at radius 1 is 1.33 bits per heavy atom. The lowest BCUT2D eigenvalue weighted by molar-refractivity contribution is 0.180. The lowest BCUT2D eigenvalue weighted by Gasteiger charge is -2.32. The van der Waals surface area contributed by atoms with Crippen LogP contribution in [0, 0.1) is 0 Å². The number of aromatic nitrogens is 2. The molecule has 5 heteroatoms. The first-order chi connectivity index (χ1) is 8.83. The molecule has 1 atom stereocenters. The molecule has 0 bridgehead atoms. The fourth-order valence-electron chi connectivity index (χ4n) is 2.54. The summed E-state index contributed by atoms with van der Waals surface area (Å²) in [6.07, 6.45) is 6.67. The zero-order chi connectivity index (χ0) is 12.4. The van der Waals surface area contributed by atoms with E-state index in [4.69, 9.17) is 0 Å². The van der Waals surface area contributed by atoms with E-state index in [1.807, 2.05) is 0 Å². The number of rotatable bonds is 5. The van der Waals surface area contributed by atoms with Crippen LogP contribution in [0.15, 0.2) is 0 Å². The fraction of sp³-hybridized carbons (Fsp3) is 0.846. The number of hydrogen-bond donors (Lipinski definition) is 1. The Balaban J connectivity index is 1.46. The molecule has 1 aliphatic heterocycles. The summed E-state index contributed by atoms with van der Waals surface area (Å²) in [5.41, 5.74) is 0. The van der Waals surface area contributed by atoms with Crippen LogP contribution in [0.1, 0.15) is 50.8 Å². The van der Waals surface area contributed by atoms with Gasteiger partial charge in [0, 0.05) is 30.0 Å². The largest absolute Gasteiger partial charge is 0.359 e. The third-order valence-corrected chi connectivity index (χ3v) is 4.63. The van der Waals surface area contributed by atoms with Crippen molar-refractivity contribution in [1.82, 2.24) is 14.3 Å². The maximum Gasteiger partial charge on any atom is 0.202 e. The highest BCUT2D eigenvalue weighted by atomic mass is 32.1. The molecule has 1 N–H and O–H groups in total. The zero-order valence-electron chi connectivity index (χ0n) is 11.1. The summed E-state index contributed by atoms with van der Waals surface area (Å²) >= 11 is 1.52. The van der Waals surface area contributed by atoms with Gasteiger partial charge in [0.2, 0.25) is 5.13 Å². The van der Waals surface area contributed by atoms with Gasteiger partial charge in [0.25, 0.3) is 0 Å². The molecule has 2 fully saturated rings. The number of nitrogens with zero attached hydrogens (tertiary/aromatic N) is 3. The van der Waals surface area contributed by atoms with Crippen molar-refractivity contribution in [2.45, 2.75) is 51.0 Å². The minimum Gasteiger partial charge on any atom is -0.359 e. The van der Waals surface area contributed by atoms with E-state index in [0.717, 1.165) is 17.5 Å². The smallest absolute Gasteiger partial charge is 0.202 e. The van der Waals surface area contributed by atoms with Gasteiger partial charge < -0.3 is 5.32 Å². The Hall–Kier alpha value is -0.680. The molecule has 0 spiro atoms. The van der Waals surface area contributed by atoms with E-state index in [2.05, 4.69) is 26.5 Å². The molecule has 18 heavy (non-hydrogen) atoms. The topological polar surface area (TPSA) is 41.1 Å². The summed E-state index contributed by atoms with van der Waals surface area (Å²) < 4.78 is 4.42. The van der Waals surface area contributed by atoms with E-state index >= 15 is 0 Å². The van der Waals surface area contributed by atoms with Gasteiger partial charge in [-0.25, -0.2) is 4.98 Å². The monoisotopic (exact) mass is 266 g/mol. The molecule has 0 aromatic carbocycles. The third-order valence-electron chi connectivity index (χ3n) is 3.95. The van der Waals surface area contributed by atoms with Gasteiger partial charge in [0.1, 0.15) is 5.82 Å². The maximum atomic E-state index is 4.57. The number of hydrogen-bond acceptors (Lipinski definition) is 5. The standard InChI is InChI=1S/C13H22N4S/c1-10(17-7-3-2-4-8-17)9-14-13-15-12(16-18-13)11-5-6-11/h10-11H,2-9H2,1H3,(H,14,15,16). The van der Waals surface area contributed by atoms with Crippen LogP contribution in [0.5, 0.6) is 0 Å². The van der Waals surface area contributed by atoms with Gasteiger partial charge in [-0.2, -0.15) is 4.37 Å². The van der Waals surface area contributed by atoms with Crippen LogP contribution in [0.25, 0.3) is 0 Å². The van der Waals surface area contributed by atoms with E-state index in [1.54, 1.807) is 0 Å². The van der Waals surface area contributed by atoms with Crippen molar-refractivity contribution in [2.24, 2.45) is 0 Å². The van der Waals surface area contributed by atoms with Gasteiger partial charge in [0.15, 0.2) is 0 Å². The molecule has 3 rings (SSSR count). The van der Waals surface area contributed by atoms with Crippen LogP contribution in [0.3, 0.4) is 0 Å². The first-order valence-corrected chi connectivity index (χ1v) is 7.92. The number of anilines is 1. The Labute approximate surface area is 113 Å². The van der Waals surface area contributed by atoms with Crippen LogP contribution in [-0.2, 0) is 0 Å². The lowest BCUT2D eigenvalue weighted by atomic mass is 10.1. The molecule has 1 aliphatic carbocycles. The van der Waals surface area contributed by atoms with Gasteiger partial charge in [0.05, 0.1) is 0 Å². The summed E-state index contributed by atoms with van der Waals surface area (Å²) in [7, 11) is 0. The maximum absolute atomic E-state index is 4.57. The van der Waals surface area contributed by atoms with E-state index < -0.39 is 0 Å². The van der Waals surface area contributed by atoms with Crippen LogP contribution in [-0.4, -0.2) is 39.9 Å². The second-order valence-electron chi connectivity index (χ2n) is 5.56. The summed E-state index contributed by atoms with van der Waals surface area (Å²) in [6, 6.07) is 0.596. The summed E-state index contributed by atoms with van der Waals surface area (Å²) in [5.74, 6) is 1.73.